The average molecular weight is 402 g/mol. The normalized spacial score (nSPS) is 16.9. The molecule has 2 aromatic rings. The van der Waals surface area contributed by atoms with Gasteiger partial charge in [-0.05, 0) is 40.0 Å². The Morgan fingerprint density at radius 1 is 1.29 bits per heavy atom. The lowest BCUT2D eigenvalue weighted by atomic mass is 10.1. The zero-order chi connectivity index (χ0) is 20.3. The molecule has 7 heteroatoms. The van der Waals surface area contributed by atoms with E-state index in [9.17, 15) is 9.59 Å². The minimum atomic E-state index is -0.587. The van der Waals surface area contributed by atoms with Crippen molar-refractivity contribution in [3.63, 3.8) is 0 Å². The molecule has 1 atom stereocenters. The first-order valence-electron chi connectivity index (χ1n) is 9.64. The second kappa shape index (κ2) is 8.31. The molecule has 6 nitrogen and oxygen atoms in total. The fourth-order valence-corrected chi connectivity index (χ4v) is 4.16. The van der Waals surface area contributed by atoms with Crippen molar-refractivity contribution in [2.24, 2.45) is 0 Å². The first kappa shape index (κ1) is 20.3. The number of nitrogens with zero attached hydrogens (tertiary/aromatic N) is 2. The van der Waals surface area contributed by atoms with Crippen molar-refractivity contribution in [3.8, 4) is 11.3 Å². The summed E-state index contributed by atoms with van der Waals surface area (Å²) in [6.07, 6.45) is 1.81. The Kier molecular flexibility index (Phi) is 6.03. The molecule has 0 radical (unpaired) electrons. The van der Waals surface area contributed by atoms with Crippen LogP contribution in [0.25, 0.3) is 11.3 Å². The van der Waals surface area contributed by atoms with Crippen molar-refractivity contribution in [2.75, 3.05) is 11.9 Å². The fraction of sp³-hybridized carbons (Fsp3) is 0.476. The number of nitrogens with one attached hydrogen (secondary N) is 1. The van der Waals surface area contributed by atoms with Crippen molar-refractivity contribution < 1.29 is 14.3 Å². The molecule has 1 aliphatic heterocycles. The van der Waals surface area contributed by atoms with Crippen molar-refractivity contribution in [3.05, 3.63) is 35.2 Å². The molecule has 1 N–H and O–H groups in total. The molecular weight excluding hydrogens is 374 g/mol. The highest BCUT2D eigenvalue weighted by molar-refractivity contribution is 7.16. The van der Waals surface area contributed by atoms with E-state index in [-0.39, 0.29) is 5.91 Å². The number of aryl methyl sites for hydroxylation is 1. The summed E-state index contributed by atoms with van der Waals surface area (Å²) in [4.78, 5) is 32.6. The first-order chi connectivity index (χ1) is 13.3. The maximum Gasteiger partial charge on any atom is 0.410 e. The SMILES string of the molecule is CCc1sc(NC(=O)C2CCCN2C(=O)OC(C)(C)C)nc1-c1ccccc1. The highest BCUT2D eigenvalue weighted by Crippen LogP contribution is 2.32. The number of hydrogen-bond acceptors (Lipinski definition) is 5. The standard InChI is InChI=1S/C21H27N3O3S/c1-5-16-17(14-10-7-6-8-11-14)22-19(28-16)23-18(25)15-12-9-13-24(15)20(26)27-21(2,3)4/h6-8,10-11,15H,5,9,12-13H2,1-4H3,(H,22,23,25). The molecule has 0 saturated carbocycles. The number of rotatable bonds is 4. The molecule has 1 aromatic carbocycles. The minimum Gasteiger partial charge on any atom is -0.444 e. The molecule has 1 unspecified atom stereocenters. The van der Waals surface area contributed by atoms with E-state index in [0.717, 1.165) is 29.0 Å². The number of benzene rings is 1. The Morgan fingerprint density at radius 2 is 2.00 bits per heavy atom. The minimum absolute atomic E-state index is 0.209. The number of aromatic nitrogens is 1. The highest BCUT2D eigenvalue weighted by atomic mass is 32.1. The smallest absolute Gasteiger partial charge is 0.410 e. The van der Waals surface area contributed by atoms with E-state index in [1.54, 1.807) is 0 Å². The predicted octanol–water partition coefficient (Wildman–Crippen LogP) is 4.71. The van der Waals surface area contributed by atoms with Gasteiger partial charge in [-0.25, -0.2) is 9.78 Å². The summed E-state index contributed by atoms with van der Waals surface area (Å²) < 4.78 is 5.44. The van der Waals surface area contributed by atoms with Gasteiger partial charge in [0.2, 0.25) is 5.91 Å². The summed E-state index contributed by atoms with van der Waals surface area (Å²) in [7, 11) is 0. The van der Waals surface area contributed by atoms with E-state index in [2.05, 4.69) is 17.2 Å². The van der Waals surface area contributed by atoms with Crippen LogP contribution in [0.5, 0.6) is 0 Å². The maximum atomic E-state index is 12.8. The van der Waals surface area contributed by atoms with Gasteiger partial charge in [-0.3, -0.25) is 9.69 Å². The topological polar surface area (TPSA) is 71.5 Å². The van der Waals surface area contributed by atoms with Gasteiger partial charge in [0.1, 0.15) is 11.6 Å². The third-order valence-electron chi connectivity index (χ3n) is 4.48. The van der Waals surface area contributed by atoms with Crippen LogP contribution in [0.2, 0.25) is 0 Å². The number of carbonyl (C=O) groups is 2. The quantitative estimate of drug-likeness (QED) is 0.805. The number of anilines is 1. The van der Waals surface area contributed by atoms with Crippen molar-refractivity contribution in [1.29, 1.82) is 0 Å². The highest BCUT2D eigenvalue weighted by Gasteiger charge is 2.37. The summed E-state index contributed by atoms with van der Waals surface area (Å²) >= 11 is 1.48. The number of thiazole rings is 1. The monoisotopic (exact) mass is 401 g/mol. The molecule has 28 heavy (non-hydrogen) atoms. The summed E-state index contributed by atoms with van der Waals surface area (Å²) in [5.41, 5.74) is 1.35. The van der Waals surface area contributed by atoms with Crippen LogP contribution in [0.3, 0.4) is 0 Å². The average Bonchev–Trinajstić information content (AvgIpc) is 3.28. The largest absolute Gasteiger partial charge is 0.444 e. The summed E-state index contributed by atoms with van der Waals surface area (Å²) in [6, 6.07) is 9.43. The Balaban J connectivity index is 1.74. The van der Waals surface area contributed by atoms with E-state index in [4.69, 9.17) is 4.74 Å². The molecule has 150 valence electrons. The Labute approximate surface area is 169 Å². The van der Waals surface area contributed by atoms with Crippen LogP contribution in [0.4, 0.5) is 9.93 Å². The number of likely N-dealkylation sites (tertiary alicyclic amines) is 1. The van der Waals surface area contributed by atoms with Gasteiger partial charge in [-0.2, -0.15) is 0 Å². The fourth-order valence-electron chi connectivity index (χ4n) is 3.23. The van der Waals surface area contributed by atoms with Crippen LogP contribution in [0.1, 0.15) is 45.4 Å². The van der Waals surface area contributed by atoms with E-state index >= 15 is 0 Å². The molecule has 2 amide bonds. The number of carbonyl (C=O) groups excluding carboxylic acids is 2. The van der Waals surface area contributed by atoms with Gasteiger partial charge in [0.05, 0.1) is 5.69 Å². The zero-order valence-electron chi connectivity index (χ0n) is 16.8. The van der Waals surface area contributed by atoms with E-state index < -0.39 is 17.7 Å². The lowest BCUT2D eigenvalue weighted by Crippen LogP contribution is -2.45. The second-order valence-electron chi connectivity index (χ2n) is 7.83. The molecule has 0 bridgehead atoms. The molecule has 2 heterocycles. The Bertz CT molecular complexity index is 842. The summed E-state index contributed by atoms with van der Waals surface area (Å²) in [5.74, 6) is -0.209. The van der Waals surface area contributed by atoms with Crippen LogP contribution in [0.15, 0.2) is 30.3 Å². The summed E-state index contributed by atoms with van der Waals surface area (Å²) in [6.45, 7) is 8.07. The molecular formula is C21H27N3O3S. The third kappa shape index (κ3) is 4.70. The van der Waals surface area contributed by atoms with Gasteiger partial charge in [0.15, 0.2) is 5.13 Å². The van der Waals surface area contributed by atoms with E-state index in [1.165, 1.54) is 16.2 Å². The second-order valence-corrected chi connectivity index (χ2v) is 8.92. The van der Waals surface area contributed by atoms with Gasteiger partial charge in [-0.1, -0.05) is 37.3 Å². The van der Waals surface area contributed by atoms with Gasteiger partial charge in [0, 0.05) is 17.0 Å². The van der Waals surface area contributed by atoms with E-state index in [1.807, 2.05) is 51.1 Å². The number of hydrogen-bond donors (Lipinski definition) is 1. The van der Waals surface area contributed by atoms with Crippen LogP contribution in [-0.4, -0.2) is 40.1 Å². The molecule has 3 rings (SSSR count). The van der Waals surface area contributed by atoms with Crippen molar-refractivity contribution in [2.45, 2.75) is 58.6 Å². The number of amides is 2. The van der Waals surface area contributed by atoms with Crippen LogP contribution >= 0.6 is 11.3 Å². The molecule has 1 aliphatic rings. The lowest BCUT2D eigenvalue weighted by Gasteiger charge is -2.27. The van der Waals surface area contributed by atoms with Crippen molar-refractivity contribution in [1.82, 2.24) is 9.88 Å². The van der Waals surface area contributed by atoms with Crippen molar-refractivity contribution >= 4 is 28.5 Å². The van der Waals surface area contributed by atoms with Gasteiger partial charge in [-0.15, -0.1) is 11.3 Å². The third-order valence-corrected chi connectivity index (χ3v) is 5.59. The van der Waals surface area contributed by atoms with E-state index in [0.29, 0.717) is 18.1 Å². The van der Waals surface area contributed by atoms with Crippen LogP contribution < -0.4 is 5.32 Å². The molecule has 1 aromatic heterocycles. The Morgan fingerprint density at radius 3 is 2.64 bits per heavy atom. The summed E-state index contributed by atoms with van der Waals surface area (Å²) in [5, 5.41) is 3.48. The zero-order valence-corrected chi connectivity index (χ0v) is 17.6. The maximum absolute atomic E-state index is 12.8. The predicted molar refractivity (Wildman–Crippen MR) is 112 cm³/mol. The van der Waals surface area contributed by atoms with Crippen LogP contribution in [0, 0.1) is 0 Å². The molecule has 1 fully saturated rings. The molecule has 0 aliphatic carbocycles. The van der Waals surface area contributed by atoms with Gasteiger partial charge >= 0.3 is 6.09 Å². The number of ether oxygens (including phenoxy) is 1. The lowest BCUT2D eigenvalue weighted by molar-refractivity contribution is -0.120. The van der Waals surface area contributed by atoms with Gasteiger partial charge < -0.3 is 10.1 Å². The first-order valence-corrected chi connectivity index (χ1v) is 10.5. The van der Waals surface area contributed by atoms with Crippen LogP contribution in [-0.2, 0) is 16.0 Å². The molecule has 1 saturated heterocycles. The Hall–Kier alpha value is -2.41. The molecule has 0 spiro atoms. The van der Waals surface area contributed by atoms with Gasteiger partial charge in [0.25, 0.3) is 0 Å².